The summed E-state index contributed by atoms with van der Waals surface area (Å²) < 4.78 is 0. The summed E-state index contributed by atoms with van der Waals surface area (Å²) in [4.78, 5) is 5.34. The number of fused-ring (bicyclic) bond motifs is 2. The first-order valence-electron chi connectivity index (χ1n) is 8.83. The van der Waals surface area contributed by atoms with Gasteiger partial charge in [-0.05, 0) is 54.6 Å². The fourth-order valence-corrected chi connectivity index (χ4v) is 10.2. The molecule has 3 aliphatic carbocycles. The topological polar surface area (TPSA) is 14.1 Å². The van der Waals surface area contributed by atoms with E-state index in [0.717, 1.165) is 23.3 Å². The average Bonchev–Trinajstić information content (AvgIpc) is 2.83. The Labute approximate surface area is 175 Å². The predicted molar refractivity (Wildman–Crippen MR) is 114 cm³/mol. The Morgan fingerprint density at radius 3 is 2.04 bits per heavy atom. The molecule has 3 heteroatoms. The molecule has 142 valence electrons. The zero-order valence-electron chi connectivity index (χ0n) is 18.2. The summed E-state index contributed by atoms with van der Waals surface area (Å²) in [6.45, 7) is 14.3. The van der Waals surface area contributed by atoms with Crippen molar-refractivity contribution in [2.75, 3.05) is 0 Å². The number of rotatable bonds is 2. The van der Waals surface area contributed by atoms with E-state index in [-0.39, 0.29) is 49.5 Å². The van der Waals surface area contributed by atoms with Crippen molar-refractivity contribution in [1.82, 2.24) is 0 Å². The first-order chi connectivity index (χ1) is 9.67. The maximum atomic E-state index is 5.34. The van der Waals surface area contributed by atoms with E-state index in [1.165, 1.54) is 25.7 Å². The summed E-state index contributed by atoms with van der Waals surface area (Å²) in [5, 5.41) is 0. The zero-order valence-corrected chi connectivity index (χ0v) is 20.8. The molecule has 4 atom stereocenters. The Morgan fingerprint density at radius 2 is 1.52 bits per heavy atom. The van der Waals surface area contributed by atoms with Gasteiger partial charge in [0.15, 0.2) is 0 Å². The summed E-state index contributed by atoms with van der Waals surface area (Å²) in [5.74, 6) is 2.42. The molecular formula is C22H41NSiTi. The van der Waals surface area contributed by atoms with Crippen LogP contribution in [0.1, 0.15) is 53.4 Å². The van der Waals surface area contributed by atoms with Gasteiger partial charge in [0.25, 0.3) is 0 Å². The standard InChI is InChI=1S/C19H32NSi.3CH3.Ti/c1-13-10-16-11-14-8-7-9-15(14)12-17(16)18(13)21(5,6)20-19(2,3)4;;;;/h11-13,16-18H,7-10H2,1-6H3;3*1H3;/q4*-1;+4. The number of allylic oxidation sites excluding steroid dienone is 4. The summed E-state index contributed by atoms with van der Waals surface area (Å²) in [6.07, 6.45) is 10.8. The van der Waals surface area contributed by atoms with Crippen LogP contribution in [0.2, 0.25) is 18.6 Å². The molecule has 0 spiro atoms. The zero-order chi connectivity index (χ0) is 15.4. The van der Waals surface area contributed by atoms with Gasteiger partial charge in [-0.25, -0.2) is 0 Å². The Morgan fingerprint density at radius 1 is 1.00 bits per heavy atom. The van der Waals surface area contributed by atoms with Gasteiger partial charge in [-0.1, -0.05) is 66.7 Å². The summed E-state index contributed by atoms with van der Waals surface area (Å²) in [7, 11) is -1.57. The van der Waals surface area contributed by atoms with Crippen LogP contribution in [-0.4, -0.2) is 13.8 Å². The van der Waals surface area contributed by atoms with Gasteiger partial charge in [0.2, 0.25) is 0 Å². The van der Waals surface area contributed by atoms with Crippen molar-refractivity contribution >= 4 is 8.24 Å². The minimum Gasteiger partial charge on any atom is -0.660 e. The van der Waals surface area contributed by atoms with E-state index in [1.54, 1.807) is 11.1 Å². The van der Waals surface area contributed by atoms with Crippen LogP contribution in [0.25, 0.3) is 4.98 Å². The molecule has 0 heterocycles. The molecule has 0 N–H and O–H groups in total. The normalized spacial score (nSPS) is 30.3. The third kappa shape index (κ3) is 5.67. The van der Waals surface area contributed by atoms with E-state index in [4.69, 9.17) is 4.98 Å². The second kappa shape index (κ2) is 9.53. The van der Waals surface area contributed by atoms with Gasteiger partial charge in [-0.3, -0.25) is 0 Å². The Kier molecular flexibility index (Phi) is 10.5. The minimum absolute atomic E-state index is 0. The van der Waals surface area contributed by atoms with Crippen LogP contribution in [0.3, 0.4) is 0 Å². The van der Waals surface area contributed by atoms with E-state index < -0.39 is 8.24 Å². The van der Waals surface area contributed by atoms with Gasteiger partial charge in [-0.2, -0.15) is 0 Å². The summed E-state index contributed by atoms with van der Waals surface area (Å²) in [6, 6.07) is 0. The van der Waals surface area contributed by atoms with Crippen molar-refractivity contribution < 1.29 is 21.7 Å². The van der Waals surface area contributed by atoms with Gasteiger partial charge >= 0.3 is 21.7 Å². The smallest absolute Gasteiger partial charge is 0.660 e. The summed E-state index contributed by atoms with van der Waals surface area (Å²) >= 11 is 0. The van der Waals surface area contributed by atoms with Crippen LogP contribution < -0.4 is 0 Å². The molecule has 0 aromatic carbocycles. The number of hydrogen-bond donors (Lipinski definition) is 0. The first-order valence-corrected chi connectivity index (χ1v) is 11.9. The van der Waals surface area contributed by atoms with Crippen molar-refractivity contribution in [3.05, 3.63) is 50.6 Å². The molecule has 0 bridgehead atoms. The quantitative estimate of drug-likeness (QED) is 0.341. The Bertz CT molecular complexity index is 487. The molecule has 2 fully saturated rings. The molecule has 0 aromatic heterocycles. The van der Waals surface area contributed by atoms with E-state index in [0.29, 0.717) is 0 Å². The largest absolute Gasteiger partial charge is 4.00 e. The fraction of sp³-hybridized carbons (Fsp3) is 0.682. The SMILES string of the molecule is CC1CC2C=C3CCCC3=CC2C1[Si](C)(C)[N-]C(C)(C)C.[CH3-].[CH3-].[CH3-].[Ti+4]. The van der Waals surface area contributed by atoms with E-state index in [2.05, 4.69) is 52.9 Å². The van der Waals surface area contributed by atoms with E-state index in [9.17, 15) is 0 Å². The molecular weight excluding hydrogens is 354 g/mol. The van der Waals surface area contributed by atoms with E-state index >= 15 is 0 Å². The minimum atomic E-state index is -1.57. The van der Waals surface area contributed by atoms with Crippen molar-refractivity contribution in [2.24, 2.45) is 17.8 Å². The van der Waals surface area contributed by atoms with Crippen LogP contribution in [0, 0.1) is 40.0 Å². The van der Waals surface area contributed by atoms with Gasteiger partial charge in [0, 0.05) is 0 Å². The molecule has 0 radical (unpaired) electrons. The number of nitrogens with zero attached hydrogens (tertiary/aromatic N) is 1. The Hall–Kier alpha value is 0.371. The van der Waals surface area contributed by atoms with Gasteiger partial charge in [0.05, 0.1) is 0 Å². The van der Waals surface area contributed by atoms with Gasteiger partial charge < -0.3 is 27.3 Å². The molecule has 0 aromatic rings. The molecule has 3 rings (SSSR count). The number of hydrogen-bond acceptors (Lipinski definition) is 0. The van der Waals surface area contributed by atoms with Crippen LogP contribution in [-0.2, 0) is 21.7 Å². The van der Waals surface area contributed by atoms with Gasteiger partial charge in [-0.15, -0.1) is 5.54 Å². The molecule has 1 nitrogen and oxygen atoms in total. The van der Waals surface area contributed by atoms with Crippen LogP contribution in [0.4, 0.5) is 0 Å². The van der Waals surface area contributed by atoms with Crippen LogP contribution in [0.5, 0.6) is 0 Å². The third-order valence-electron chi connectivity index (χ3n) is 5.72. The molecule has 25 heavy (non-hydrogen) atoms. The van der Waals surface area contributed by atoms with E-state index in [1.807, 2.05) is 0 Å². The molecule has 3 aliphatic rings. The maximum absolute atomic E-state index is 5.34. The second-order valence-electron chi connectivity index (χ2n) is 9.15. The average molecular weight is 396 g/mol. The van der Waals surface area contributed by atoms with Crippen LogP contribution in [0.15, 0.2) is 23.3 Å². The first kappa shape index (κ1) is 27.6. The molecule has 0 aliphatic heterocycles. The molecule has 0 saturated heterocycles. The predicted octanol–water partition coefficient (Wildman–Crippen LogP) is 7.40. The van der Waals surface area contributed by atoms with Crippen LogP contribution >= 0.6 is 0 Å². The van der Waals surface area contributed by atoms with Gasteiger partial charge in [0.1, 0.15) is 0 Å². The second-order valence-corrected chi connectivity index (χ2v) is 13.4. The molecule has 4 unspecified atom stereocenters. The van der Waals surface area contributed by atoms with Crippen molar-refractivity contribution in [3.8, 4) is 0 Å². The monoisotopic (exact) mass is 395 g/mol. The summed E-state index contributed by atoms with van der Waals surface area (Å²) in [5.41, 5.74) is 4.32. The fourth-order valence-electron chi connectivity index (χ4n) is 5.55. The third-order valence-corrected chi connectivity index (χ3v) is 9.55. The van der Waals surface area contributed by atoms with Crippen molar-refractivity contribution in [1.29, 1.82) is 0 Å². The van der Waals surface area contributed by atoms with Crippen molar-refractivity contribution in [2.45, 2.75) is 77.6 Å². The van der Waals surface area contributed by atoms with Crippen molar-refractivity contribution in [3.63, 3.8) is 0 Å². The molecule has 0 amide bonds. The Balaban J connectivity index is 0. The molecule has 2 saturated carbocycles. The maximum Gasteiger partial charge on any atom is 4.00 e.